The molecule has 3 N–H and O–H groups in total. The number of nitrogens with zero attached hydrogens (tertiary/aromatic N) is 4. The molecule has 0 atom stereocenters. The first kappa shape index (κ1) is 42.9. The highest BCUT2D eigenvalue weighted by atomic mass is 16.4. The van der Waals surface area contributed by atoms with Crippen molar-refractivity contribution < 1.29 is 34.5 Å². The van der Waals surface area contributed by atoms with Gasteiger partial charge in [0.2, 0.25) is 5.91 Å². The van der Waals surface area contributed by atoms with Crippen LogP contribution in [0.25, 0.3) is 0 Å². The van der Waals surface area contributed by atoms with Crippen LogP contribution in [0.1, 0.15) is 142 Å². The molecule has 0 unspecified atom stereocenters. The number of aliphatic carboxylic acids is 3. The molecule has 49 heavy (non-hydrogen) atoms. The van der Waals surface area contributed by atoms with Gasteiger partial charge in [-0.15, -0.1) is 0 Å². The average molecular weight is 695 g/mol. The number of carbonyl (C=O) groups is 4. The van der Waals surface area contributed by atoms with Gasteiger partial charge in [0.1, 0.15) is 0 Å². The van der Waals surface area contributed by atoms with Gasteiger partial charge in [-0.1, -0.05) is 104 Å². The van der Waals surface area contributed by atoms with Crippen LogP contribution in [0.4, 0.5) is 0 Å². The molecule has 1 aliphatic heterocycles. The summed E-state index contributed by atoms with van der Waals surface area (Å²) in [6.07, 6.45) is 22.5. The number of carbonyl (C=O) groups excluding carboxylic acids is 1. The second kappa shape index (κ2) is 25.7. The van der Waals surface area contributed by atoms with Gasteiger partial charge in [-0.05, 0) is 38.5 Å². The van der Waals surface area contributed by atoms with E-state index in [-0.39, 0.29) is 43.5 Å². The van der Waals surface area contributed by atoms with Crippen LogP contribution in [0.5, 0.6) is 0 Å². The second-order valence-corrected chi connectivity index (χ2v) is 14.8. The molecule has 11 nitrogen and oxygen atoms in total. The van der Waals surface area contributed by atoms with E-state index < -0.39 is 17.9 Å². The molecule has 2 rings (SSSR count). The number of carboxylic acid groups (broad SMARTS) is 3. The number of carboxylic acids is 3. The first-order chi connectivity index (χ1) is 23.6. The Kier molecular flexibility index (Phi) is 22.5. The van der Waals surface area contributed by atoms with Crippen molar-refractivity contribution in [2.45, 2.75) is 154 Å². The fraction of sp³-hybridized carbons (Fsp3) is 0.895. The van der Waals surface area contributed by atoms with Crippen molar-refractivity contribution in [2.24, 2.45) is 5.92 Å². The first-order valence-electron chi connectivity index (χ1n) is 19.8. The highest BCUT2D eigenvalue weighted by molar-refractivity contribution is 5.79. The Bertz CT molecular complexity index is 897. The minimum absolute atomic E-state index is 0.0597. The van der Waals surface area contributed by atoms with E-state index >= 15 is 0 Å². The largest absolute Gasteiger partial charge is 0.480 e. The monoisotopic (exact) mass is 695 g/mol. The third-order valence-corrected chi connectivity index (χ3v) is 10.6. The van der Waals surface area contributed by atoms with Crippen LogP contribution < -0.4 is 0 Å². The van der Waals surface area contributed by atoms with Crippen LogP contribution in [0, 0.1) is 5.92 Å². The van der Waals surface area contributed by atoms with E-state index in [0.717, 1.165) is 38.8 Å². The lowest BCUT2D eigenvalue weighted by atomic mass is 9.83. The predicted octanol–water partition coefficient (Wildman–Crippen LogP) is 6.20. The molecule has 1 amide bonds. The Labute approximate surface area is 296 Å². The highest BCUT2D eigenvalue weighted by Crippen LogP contribution is 2.31. The van der Waals surface area contributed by atoms with Crippen LogP contribution in [-0.2, 0) is 19.2 Å². The van der Waals surface area contributed by atoms with E-state index in [1.54, 1.807) is 9.80 Å². The summed E-state index contributed by atoms with van der Waals surface area (Å²) < 4.78 is 0. The maximum atomic E-state index is 14.0. The average Bonchev–Trinajstić information content (AvgIpc) is 3.25. The van der Waals surface area contributed by atoms with Gasteiger partial charge in [-0.25, -0.2) is 0 Å². The summed E-state index contributed by atoms with van der Waals surface area (Å²) in [5, 5.41) is 28.8. The molecule has 2 aliphatic rings. The lowest BCUT2D eigenvalue weighted by Crippen LogP contribution is -2.55. The first-order valence-corrected chi connectivity index (χ1v) is 19.8. The summed E-state index contributed by atoms with van der Waals surface area (Å²) >= 11 is 0. The van der Waals surface area contributed by atoms with Gasteiger partial charge in [-0.2, -0.15) is 0 Å². The van der Waals surface area contributed by atoms with Gasteiger partial charge in [0, 0.05) is 57.3 Å². The molecule has 284 valence electrons. The molecule has 1 saturated carbocycles. The molecular formula is C38H70N4O7. The number of hydrogen-bond donors (Lipinski definition) is 3. The van der Waals surface area contributed by atoms with E-state index in [1.165, 1.54) is 77.0 Å². The van der Waals surface area contributed by atoms with Gasteiger partial charge in [-0.3, -0.25) is 33.9 Å². The summed E-state index contributed by atoms with van der Waals surface area (Å²) in [5.74, 6) is -2.69. The fourth-order valence-electron chi connectivity index (χ4n) is 7.83. The van der Waals surface area contributed by atoms with Crippen molar-refractivity contribution in [3.63, 3.8) is 0 Å². The van der Waals surface area contributed by atoms with Gasteiger partial charge >= 0.3 is 17.9 Å². The fourth-order valence-corrected chi connectivity index (χ4v) is 7.83. The van der Waals surface area contributed by atoms with Crippen molar-refractivity contribution in [1.29, 1.82) is 0 Å². The molecule has 0 aromatic carbocycles. The molecule has 11 heteroatoms. The lowest BCUT2D eigenvalue weighted by molar-refractivity contribution is -0.142. The molecular weight excluding hydrogens is 624 g/mol. The third kappa shape index (κ3) is 18.5. The molecule has 0 radical (unpaired) electrons. The van der Waals surface area contributed by atoms with Crippen molar-refractivity contribution in [3.05, 3.63) is 0 Å². The van der Waals surface area contributed by atoms with Gasteiger partial charge in [0.15, 0.2) is 0 Å². The van der Waals surface area contributed by atoms with Crippen LogP contribution in [0.3, 0.4) is 0 Å². The quantitative estimate of drug-likeness (QED) is 0.0852. The van der Waals surface area contributed by atoms with E-state index in [4.69, 9.17) is 0 Å². The zero-order valence-corrected chi connectivity index (χ0v) is 31.0. The van der Waals surface area contributed by atoms with Crippen LogP contribution in [0.2, 0.25) is 0 Å². The van der Waals surface area contributed by atoms with Crippen molar-refractivity contribution in [1.82, 2.24) is 19.6 Å². The second-order valence-electron chi connectivity index (χ2n) is 14.8. The molecule has 0 spiro atoms. The van der Waals surface area contributed by atoms with Crippen LogP contribution >= 0.6 is 0 Å². The Balaban J connectivity index is 2.01. The lowest BCUT2D eigenvalue weighted by Gasteiger charge is -2.42. The molecule has 1 heterocycles. The van der Waals surface area contributed by atoms with E-state index in [0.29, 0.717) is 51.9 Å². The Hall–Kier alpha value is -2.24. The predicted molar refractivity (Wildman–Crippen MR) is 194 cm³/mol. The summed E-state index contributed by atoms with van der Waals surface area (Å²) in [6, 6.07) is -0.384. The van der Waals surface area contributed by atoms with E-state index in [1.807, 2.05) is 4.90 Å². The van der Waals surface area contributed by atoms with Gasteiger partial charge in [0.25, 0.3) is 0 Å². The highest BCUT2D eigenvalue weighted by Gasteiger charge is 2.37. The summed E-state index contributed by atoms with van der Waals surface area (Å²) in [7, 11) is 0. The van der Waals surface area contributed by atoms with Crippen molar-refractivity contribution >= 4 is 23.8 Å². The number of amides is 1. The van der Waals surface area contributed by atoms with Gasteiger partial charge < -0.3 is 20.2 Å². The molecule has 0 bridgehead atoms. The molecule has 0 aromatic rings. The summed E-state index contributed by atoms with van der Waals surface area (Å²) in [4.78, 5) is 56.8. The Morgan fingerprint density at radius 3 is 1.35 bits per heavy atom. The van der Waals surface area contributed by atoms with E-state index in [9.17, 15) is 34.5 Å². The maximum absolute atomic E-state index is 14.0. The standard InChI is InChI=1S/C38H70N4O7/c1-3-5-7-9-11-13-15-17-23-41(24-18-16-14-12-10-8-6-4-2)38(49)32-19-21-33(22-20-32)42(31-37(47)48)34-27-39(29-35(43)44)25-26-40(28-34)30-36(45)46/h32-34H,3-31H2,1-2H3,(H,43,44)(H,45,46)(H,47,48). The number of rotatable bonds is 27. The smallest absolute Gasteiger partial charge is 0.317 e. The Morgan fingerprint density at radius 2 is 0.959 bits per heavy atom. The normalized spacial score (nSPS) is 19.6. The minimum atomic E-state index is -0.960. The zero-order chi connectivity index (χ0) is 35.9. The number of hydrogen-bond acceptors (Lipinski definition) is 7. The summed E-state index contributed by atoms with van der Waals surface area (Å²) in [6.45, 7) is 7.11. The van der Waals surface area contributed by atoms with Crippen molar-refractivity contribution in [2.75, 3.05) is 58.9 Å². The molecule has 0 aromatic heterocycles. The third-order valence-electron chi connectivity index (χ3n) is 10.6. The Morgan fingerprint density at radius 1 is 0.551 bits per heavy atom. The maximum Gasteiger partial charge on any atom is 0.317 e. The molecule has 1 saturated heterocycles. The zero-order valence-electron chi connectivity index (χ0n) is 31.0. The van der Waals surface area contributed by atoms with Crippen LogP contribution in [0.15, 0.2) is 0 Å². The molecule has 1 aliphatic carbocycles. The van der Waals surface area contributed by atoms with E-state index in [2.05, 4.69) is 18.7 Å². The molecule has 2 fully saturated rings. The van der Waals surface area contributed by atoms with Crippen molar-refractivity contribution in [3.8, 4) is 0 Å². The SMILES string of the molecule is CCCCCCCCCCN(CCCCCCCCCC)C(=O)C1CCC(N(CC(=O)O)C2CN(CC(=O)O)CCN(CC(=O)O)C2)CC1. The topological polar surface area (TPSA) is 142 Å². The summed E-state index contributed by atoms with van der Waals surface area (Å²) in [5.41, 5.74) is 0. The van der Waals surface area contributed by atoms with Gasteiger partial charge in [0.05, 0.1) is 19.6 Å². The van der Waals surface area contributed by atoms with Crippen LogP contribution in [-0.4, -0.2) is 130 Å². The number of unbranched alkanes of at least 4 members (excludes halogenated alkanes) is 14. The minimum Gasteiger partial charge on any atom is -0.480 e.